The van der Waals surface area contributed by atoms with Gasteiger partial charge < -0.3 is 28.6 Å². The summed E-state index contributed by atoms with van der Waals surface area (Å²) in [4.78, 5) is 26.8. The van der Waals surface area contributed by atoms with Gasteiger partial charge in [0.15, 0.2) is 11.5 Å². The first-order valence-corrected chi connectivity index (χ1v) is 8.55. The minimum absolute atomic E-state index is 0.220. The molecule has 2 rings (SSSR count). The van der Waals surface area contributed by atoms with Crippen LogP contribution in [-0.4, -0.2) is 65.5 Å². The number of nitrogens with zero attached hydrogens (tertiary/aromatic N) is 1. The third kappa shape index (κ3) is 3.96. The van der Waals surface area contributed by atoms with Crippen molar-refractivity contribution in [1.82, 2.24) is 4.90 Å². The topological polar surface area (TPSA) is 83.5 Å². The lowest BCUT2D eigenvalue weighted by atomic mass is 10.0. The predicted octanol–water partition coefficient (Wildman–Crippen LogP) is 2.03. The minimum atomic E-state index is -0.579. The van der Waals surface area contributed by atoms with Crippen LogP contribution in [0.3, 0.4) is 0 Å². The van der Waals surface area contributed by atoms with Crippen LogP contribution in [0, 0.1) is 0 Å². The summed E-state index contributed by atoms with van der Waals surface area (Å²) in [7, 11) is 7.35. The first-order chi connectivity index (χ1) is 13.4. The van der Waals surface area contributed by atoms with E-state index in [1.54, 1.807) is 32.2 Å². The van der Waals surface area contributed by atoms with Crippen molar-refractivity contribution < 1.29 is 33.3 Å². The van der Waals surface area contributed by atoms with Crippen LogP contribution >= 0.6 is 0 Å². The van der Waals surface area contributed by atoms with Crippen LogP contribution in [-0.2, 0) is 19.1 Å². The molecule has 152 valence electrons. The van der Waals surface area contributed by atoms with Gasteiger partial charge in [-0.1, -0.05) is 0 Å². The van der Waals surface area contributed by atoms with Crippen LogP contribution in [0.4, 0.5) is 0 Å². The Labute approximate surface area is 164 Å². The van der Waals surface area contributed by atoms with Crippen LogP contribution in [0.5, 0.6) is 17.2 Å². The van der Waals surface area contributed by atoms with E-state index in [-0.39, 0.29) is 17.1 Å². The number of allylic oxidation sites excluding steroid dienone is 1. The number of ether oxygens (including phenoxy) is 5. The Kier molecular flexibility index (Phi) is 7.06. The SMILES string of the molecule is COCCN1C(=O)/C(=C/c2cc(OC)c(OC)c(OC)c2)C(C(=O)OC)=C1C. The van der Waals surface area contributed by atoms with Gasteiger partial charge in [0.25, 0.3) is 5.91 Å². The number of carbonyl (C=O) groups excluding carboxylic acids is 2. The van der Waals surface area contributed by atoms with E-state index in [0.29, 0.717) is 41.7 Å². The molecule has 0 spiro atoms. The lowest BCUT2D eigenvalue weighted by Gasteiger charge is -2.17. The van der Waals surface area contributed by atoms with Crippen LogP contribution < -0.4 is 14.2 Å². The molecule has 0 saturated heterocycles. The van der Waals surface area contributed by atoms with E-state index in [2.05, 4.69) is 0 Å². The summed E-state index contributed by atoms with van der Waals surface area (Å²) in [6.45, 7) is 2.37. The van der Waals surface area contributed by atoms with Gasteiger partial charge >= 0.3 is 5.97 Å². The molecule has 1 heterocycles. The van der Waals surface area contributed by atoms with Crippen molar-refractivity contribution in [2.45, 2.75) is 6.92 Å². The van der Waals surface area contributed by atoms with Crippen molar-refractivity contribution in [1.29, 1.82) is 0 Å². The molecule has 0 saturated carbocycles. The molecule has 1 aromatic rings. The lowest BCUT2D eigenvalue weighted by molar-refractivity contribution is -0.136. The summed E-state index contributed by atoms with van der Waals surface area (Å²) in [5.74, 6) is 0.436. The standard InChI is InChI=1S/C20H25NO7/c1-12-17(20(23)28-6)14(19(22)21(12)7-8-24-2)9-13-10-15(25-3)18(27-5)16(11-13)26-4/h9-11H,7-8H2,1-6H3/b14-9+. The van der Waals surface area contributed by atoms with E-state index < -0.39 is 5.97 Å². The average Bonchev–Trinajstić information content (AvgIpc) is 2.94. The zero-order valence-electron chi connectivity index (χ0n) is 17.0. The first kappa shape index (κ1) is 21.3. The summed E-state index contributed by atoms with van der Waals surface area (Å²) in [5, 5.41) is 0. The summed E-state index contributed by atoms with van der Waals surface area (Å²) in [6, 6.07) is 3.40. The maximum atomic E-state index is 13.0. The molecule has 0 unspecified atom stereocenters. The number of benzene rings is 1. The molecule has 28 heavy (non-hydrogen) atoms. The molecule has 0 N–H and O–H groups in total. The van der Waals surface area contributed by atoms with Crippen LogP contribution in [0.1, 0.15) is 12.5 Å². The van der Waals surface area contributed by atoms with Crippen molar-refractivity contribution >= 4 is 18.0 Å². The van der Waals surface area contributed by atoms with Crippen molar-refractivity contribution in [2.75, 3.05) is 48.7 Å². The molecule has 8 heteroatoms. The molecular formula is C20H25NO7. The molecule has 0 atom stereocenters. The molecule has 1 aliphatic heterocycles. The second kappa shape index (κ2) is 9.27. The monoisotopic (exact) mass is 391 g/mol. The second-order valence-electron chi connectivity index (χ2n) is 5.92. The van der Waals surface area contributed by atoms with Gasteiger partial charge in [-0.2, -0.15) is 0 Å². The van der Waals surface area contributed by atoms with E-state index in [1.165, 1.54) is 33.3 Å². The van der Waals surface area contributed by atoms with Crippen LogP contribution in [0.2, 0.25) is 0 Å². The Morgan fingerprint density at radius 2 is 1.64 bits per heavy atom. The highest BCUT2D eigenvalue weighted by Crippen LogP contribution is 2.40. The first-order valence-electron chi connectivity index (χ1n) is 8.55. The van der Waals surface area contributed by atoms with Gasteiger partial charge in [-0.05, 0) is 30.7 Å². The van der Waals surface area contributed by atoms with Gasteiger partial charge in [-0.3, -0.25) is 4.79 Å². The molecular weight excluding hydrogens is 366 g/mol. The number of hydrogen-bond acceptors (Lipinski definition) is 7. The highest BCUT2D eigenvalue weighted by atomic mass is 16.5. The van der Waals surface area contributed by atoms with E-state index >= 15 is 0 Å². The minimum Gasteiger partial charge on any atom is -0.493 e. The number of carbonyl (C=O) groups is 2. The molecule has 0 radical (unpaired) electrons. The Bertz CT molecular complexity index is 801. The highest BCUT2D eigenvalue weighted by molar-refractivity contribution is 6.16. The Morgan fingerprint density at radius 1 is 1.04 bits per heavy atom. The number of amides is 1. The third-order valence-electron chi connectivity index (χ3n) is 4.42. The van der Waals surface area contributed by atoms with Gasteiger partial charge in [0.05, 0.1) is 46.2 Å². The number of esters is 1. The van der Waals surface area contributed by atoms with Gasteiger partial charge in [-0.15, -0.1) is 0 Å². The number of hydrogen-bond donors (Lipinski definition) is 0. The maximum absolute atomic E-state index is 13.0. The maximum Gasteiger partial charge on any atom is 0.340 e. The zero-order chi connectivity index (χ0) is 20.8. The van der Waals surface area contributed by atoms with Crippen molar-refractivity contribution in [3.63, 3.8) is 0 Å². The molecule has 0 aliphatic carbocycles. The van der Waals surface area contributed by atoms with E-state index in [0.717, 1.165) is 0 Å². The molecule has 1 aliphatic rings. The zero-order valence-corrected chi connectivity index (χ0v) is 17.0. The largest absolute Gasteiger partial charge is 0.493 e. The summed E-state index contributed by atoms with van der Waals surface area (Å²) in [5.41, 5.74) is 1.58. The van der Waals surface area contributed by atoms with Crippen molar-refractivity contribution in [2.24, 2.45) is 0 Å². The van der Waals surface area contributed by atoms with Crippen molar-refractivity contribution in [3.8, 4) is 17.2 Å². The van der Waals surface area contributed by atoms with E-state index in [4.69, 9.17) is 23.7 Å². The van der Waals surface area contributed by atoms with Crippen LogP contribution in [0.15, 0.2) is 29.0 Å². The number of rotatable bonds is 8. The quantitative estimate of drug-likeness (QED) is 0.495. The van der Waals surface area contributed by atoms with Gasteiger partial charge in [0.2, 0.25) is 5.75 Å². The molecule has 1 aromatic carbocycles. The Balaban J connectivity index is 2.59. The highest BCUT2D eigenvalue weighted by Gasteiger charge is 2.36. The van der Waals surface area contributed by atoms with Gasteiger partial charge in [0.1, 0.15) is 0 Å². The van der Waals surface area contributed by atoms with E-state index in [9.17, 15) is 9.59 Å². The van der Waals surface area contributed by atoms with Crippen LogP contribution in [0.25, 0.3) is 6.08 Å². The second-order valence-corrected chi connectivity index (χ2v) is 5.92. The summed E-state index contributed by atoms with van der Waals surface area (Å²) in [6.07, 6.45) is 1.61. The van der Waals surface area contributed by atoms with Gasteiger partial charge in [0, 0.05) is 19.4 Å². The summed E-state index contributed by atoms with van der Waals surface area (Å²) < 4.78 is 26.0. The molecule has 8 nitrogen and oxygen atoms in total. The Hall–Kier alpha value is -3.00. The molecule has 0 fully saturated rings. The normalized spacial score (nSPS) is 15.3. The van der Waals surface area contributed by atoms with Crippen molar-refractivity contribution in [3.05, 3.63) is 34.5 Å². The molecule has 0 aromatic heterocycles. The average molecular weight is 391 g/mol. The fourth-order valence-electron chi connectivity index (χ4n) is 3.03. The third-order valence-corrected chi connectivity index (χ3v) is 4.42. The van der Waals surface area contributed by atoms with Gasteiger partial charge in [-0.25, -0.2) is 4.79 Å². The number of methoxy groups -OCH3 is 5. The summed E-state index contributed by atoms with van der Waals surface area (Å²) >= 11 is 0. The predicted molar refractivity (Wildman–Crippen MR) is 102 cm³/mol. The fraction of sp³-hybridized carbons (Fsp3) is 0.400. The lowest BCUT2D eigenvalue weighted by Crippen LogP contribution is -2.28. The Morgan fingerprint density at radius 3 is 2.11 bits per heavy atom. The molecule has 0 bridgehead atoms. The smallest absolute Gasteiger partial charge is 0.340 e. The fourth-order valence-corrected chi connectivity index (χ4v) is 3.03. The van der Waals surface area contributed by atoms with E-state index in [1.807, 2.05) is 0 Å². The molecule has 1 amide bonds.